The van der Waals surface area contributed by atoms with Crippen LogP contribution in [0, 0.1) is 0 Å². The van der Waals surface area contributed by atoms with E-state index < -0.39 is 0 Å². The quantitative estimate of drug-likeness (QED) is 0.718. The highest BCUT2D eigenvalue weighted by Gasteiger charge is 2.22. The molecule has 0 radical (unpaired) electrons. The van der Waals surface area contributed by atoms with Gasteiger partial charge in [0.25, 0.3) is 0 Å². The number of alkyl halides is 1. The lowest BCUT2D eigenvalue weighted by atomic mass is 10.0. The largest absolute Gasteiger partial charge is 0.377 e. The van der Waals surface area contributed by atoms with Gasteiger partial charge in [-0.25, -0.2) is 0 Å². The van der Waals surface area contributed by atoms with Gasteiger partial charge in [-0.2, -0.15) is 0 Å². The van der Waals surface area contributed by atoms with Crippen molar-refractivity contribution < 1.29 is 4.74 Å². The summed E-state index contributed by atoms with van der Waals surface area (Å²) in [6.07, 6.45) is 5.17. The summed E-state index contributed by atoms with van der Waals surface area (Å²) in [5.74, 6) is 0.663. The van der Waals surface area contributed by atoms with Gasteiger partial charge < -0.3 is 10.1 Å². The minimum absolute atomic E-state index is 0.0718. The molecule has 0 spiro atoms. The Labute approximate surface area is 92.3 Å². The van der Waals surface area contributed by atoms with Gasteiger partial charge in [-0.1, -0.05) is 6.92 Å². The Morgan fingerprint density at radius 1 is 1.50 bits per heavy atom. The predicted molar refractivity (Wildman–Crippen MR) is 61.0 cm³/mol. The maximum absolute atomic E-state index is 5.92. The van der Waals surface area contributed by atoms with Gasteiger partial charge in [-0.3, -0.25) is 0 Å². The fraction of sp³-hybridized carbons (Fsp3) is 1.00. The van der Waals surface area contributed by atoms with Crippen LogP contribution in [0.5, 0.6) is 0 Å². The lowest BCUT2D eigenvalue weighted by Gasteiger charge is -2.31. The van der Waals surface area contributed by atoms with Crippen molar-refractivity contribution in [2.75, 3.05) is 19.0 Å². The summed E-state index contributed by atoms with van der Waals surface area (Å²) < 4.78 is 5.66. The first-order valence-electron chi connectivity index (χ1n) is 5.63. The van der Waals surface area contributed by atoms with Crippen molar-refractivity contribution in [2.45, 2.75) is 51.2 Å². The van der Waals surface area contributed by atoms with Gasteiger partial charge in [-0.05, 0) is 32.6 Å². The third-order valence-corrected chi connectivity index (χ3v) is 3.70. The van der Waals surface area contributed by atoms with Crippen LogP contribution in [0.4, 0.5) is 0 Å². The van der Waals surface area contributed by atoms with Crippen LogP contribution < -0.4 is 5.32 Å². The van der Waals surface area contributed by atoms with Crippen molar-refractivity contribution in [1.29, 1.82) is 0 Å². The Morgan fingerprint density at radius 3 is 2.79 bits per heavy atom. The molecule has 3 heteroatoms. The van der Waals surface area contributed by atoms with E-state index in [0.29, 0.717) is 12.0 Å². The first-order chi connectivity index (χ1) is 6.70. The molecule has 0 aliphatic carbocycles. The zero-order chi connectivity index (χ0) is 10.4. The van der Waals surface area contributed by atoms with Crippen LogP contribution in [-0.2, 0) is 4.74 Å². The van der Waals surface area contributed by atoms with E-state index >= 15 is 0 Å². The van der Waals surface area contributed by atoms with E-state index in [1.54, 1.807) is 0 Å². The Kier molecular flexibility index (Phi) is 5.21. The smallest absolute Gasteiger partial charge is 0.0699 e. The molecule has 1 N–H and O–H groups in total. The average molecular weight is 220 g/mol. The van der Waals surface area contributed by atoms with Crippen LogP contribution >= 0.6 is 11.6 Å². The highest BCUT2D eigenvalue weighted by Crippen LogP contribution is 2.15. The van der Waals surface area contributed by atoms with Crippen molar-refractivity contribution in [1.82, 2.24) is 5.32 Å². The third kappa shape index (κ3) is 3.76. The summed E-state index contributed by atoms with van der Waals surface area (Å²) in [5.41, 5.74) is 0.0718. The second-order valence-corrected chi connectivity index (χ2v) is 4.68. The third-order valence-electron chi connectivity index (χ3n) is 3.11. The lowest BCUT2D eigenvalue weighted by molar-refractivity contribution is 0.0130. The van der Waals surface area contributed by atoms with Crippen LogP contribution in [0.25, 0.3) is 0 Å². The molecule has 2 atom stereocenters. The second kappa shape index (κ2) is 5.94. The molecule has 0 aromatic heterocycles. The van der Waals surface area contributed by atoms with Gasteiger partial charge in [0.1, 0.15) is 0 Å². The van der Waals surface area contributed by atoms with E-state index in [9.17, 15) is 0 Å². The molecule has 1 rings (SSSR count). The minimum Gasteiger partial charge on any atom is -0.377 e. The molecule has 84 valence electrons. The Balaban J connectivity index is 2.23. The van der Waals surface area contributed by atoms with E-state index in [-0.39, 0.29) is 5.54 Å². The normalized spacial score (nSPS) is 27.2. The SMILES string of the molecule is CCC(C)(CCl)NCC1CCCCO1. The van der Waals surface area contributed by atoms with E-state index in [2.05, 4.69) is 19.2 Å². The summed E-state index contributed by atoms with van der Waals surface area (Å²) in [7, 11) is 0. The van der Waals surface area contributed by atoms with E-state index in [4.69, 9.17) is 16.3 Å². The zero-order valence-corrected chi connectivity index (χ0v) is 10.1. The molecule has 1 aliphatic heterocycles. The number of nitrogens with one attached hydrogen (secondary N) is 1. The van der Waals surface area contributed by atoms with Crippen LogP contribution in [0.3, 0.4) is 0 Å². The first kappa shape index (κ1) is 12.3. The maximum Gasteiger partial charge on any atom is 0.0699 e. The van der Waals surface area contributed by atoms with E-state index in [1.165, 1.54) is 19.3 Å². The molecule has 0 amide bonds. The number of halogens is 1. The summed E-state index contributed by atoms with van der Waals surface area (Å²) >= 11 is 5.92. The Morgan fingerprint density at radius 2 is 2.29 bits per heavy atom. The second-order valence-electron chi connectivity index (χ2n) is 4.42. The molecular weight excluding hydrogens is 198 g/mol. The zero-order valence-electron chi connectivity index (χ0n) is 9.31. The molecule has 0 saturated carbocycles. The molecule has 2 nitrogen and oxygen atoms in total. The number of hydrogen-bond donors (Lipinski definition) is 1. The monoisotopic (exact) mass is 219 g/mol. The van der Waals surface area contributed by atoms with Crippen molar-refractivity contribution in [3.05, 3.63) is 0 Å². The van der Waals surface area contributed by atoms with Crippen molar-refractivity contribution >= 4 is 11.6 Å². The molecule has 1 fully saturated rings. The van der Waals surface area contributed by atoms with E-state index in [1.807, 2.05) is 0 Å². The minimum atomic E-state index is 0.0718. The van der Waals surface area contributed by atoms with Crippen molar-refractivity contribution in [2.24, 2.45) is 0 Å². The van der Waals surface area contributed by atoms with Gasteiger partial charge >= 0.3 is 0 Å². The predicted octanol–water partition coefficient (Wildman–Crippen LogP) is 2.55. The summed E-state index contributed by atoms with van der Waals surface area (Å²) in [5, 5.41) is 3.51. The topological polar surface area (TPSA) is 21.3 Å². The highest BCUT2D eigenvalue weighted by molar-refractivity contribution is 6.18. The molecule has 14 heavy (non-hydrogen) atoms. The highest BCUT2D eigenvalue weighted by atomic mass is 35.5. The van der Waals surface area contributed by atoms with Crippen molar-refractivity contribution in [3.8, 4) is 0 Å². The summed E-state index contributed by atoms with van der Waals surface area (Å²) in [4.78, 5) is 0. The van der Waals surface area contributed by atoms with Crippen LogP contribution in [0.2, 0.25) is 0 Å². The van der Waals surface area contributed by atoms with Gasteiger partial charge in [0, 0.05) is 24.6 Å². The van der Waals surface area contributed by atoms with Crippen molar-refractivity contribution in [3.63, 3.8) is 0 Å². The molecule has 1 saturated heterocycles. The van der Waals surface area contributed by atoms with Crippen LogP contribution in [0.1, 0.15) is 39.5 Å². The summed E-state index contributed by atoms with van der Waals surface area (Å²) in [6, 6.07) is 0. The standard InChI is InChI=1S/C11H22ClNO/c1-3-11(2,9-12)13-8-10-6-4-5-7-14-10/h10,13H,3-9H2,1-2H3. The molecule has 0 aromatic carbocycles. The molecule has 1 heterocycles. The molecular formula is C11H22ClNO. The molecule has 1 aliphatic rings. The molecule has 0 bridgehead atoms. The number of ether oxygens (including phenoxy) is 1. The Bertz CT molecular complexity index is 153. The fourth-order valence-electron chi connectivity index (χ4n) is 1.60. The molecule has 2 unspecified atom stereocenters. The Hall–Kier alpha value is 0.210. The van der Waals surface area contributed by atoms with Gasteiger partial charge in [0.2, 0.25) is 0 Å². The fourth-order valence-corrected chi connectivity index (χ4v) is 1.88. The van der Waals surface area contributed by atoms with E-state index in [0.717, 1.165) is 19.6 Å². The average Bonchev–Trinajstić information content (AvgIpc) is 2.27. The lowest BCUT2D eigenvalue weighted by Crippen LogP contribution is -2.47. The maximum atomic E-state index is 5.92. The summed E-state index contributed by atoms with van der Waals surface area (Å²) in [6.45, 7) is 6.20. The van der Waals surface area contributed by atoms with Gasteiger partial charge in [-0.15, -0.1) is 11.6 Å². The van der Waals surface area contributed by atoms with Crippen LogP contribution in [0.15, 0.2) is 0 Å². The number of hydrogen-bond acceptors (Lipinski definition) is 2. The van der Waals surface area contributed by atoms with Gasteiger partial charge in [0.05, 0.1) is 6.10 Å². The molecule has 0 aromatic rings. The van der Waals surface area contributed by atoms with Gasteiger partial charge in [0.15, 0.2) is 0 Å². The number of rotatable bonds is 5. The van der Waals surface area contributed by atoms with Crippen LogP contribution in [-0.4, -0.2) is 30.7 Å². The first-order valence-corrected chi connectivity index (χ1v) is 6.16.